The topological polar surface area (TPSA) is 139 Å². The molecule has 0 unspecified atom stereocenters. The molecule has 0 radical (unpaired) electrons. The van der Waals surface area contributed by atoms with Gasteiger partial charge in [0.25, 0.3) is 0 Å². The third-order valence-corrected chi connectivity index (χ3v) is 1.75. The Morgan fingerprint density at radius 1 is 1.29 bits per heavy atom. The number of para-hydroxylation sites is 1. The van der Waals surface area contributed by atoms with Crippen LogP contribution in [0.25, 0.3) is 0 Å². The number of nitrogens with two attached hydrogens (primary N) is 1. The Morgan fingerprint density at radius 3 is 2.41 bits per heavy atom. The molecule has 0 saturated carbocycles. The molecule has 1 aromatic rings. The number of rotatable bonds is 4. The summed E-state index contributed by atoms with van der Waals surface area (Å²) in [5.74, 6) is -1.42. The van der Waals surface area contributed by atoms with Gasteiger partial charge in [0.15, 0.2) is 0 Å². The average Bonchev–Trinajstić information content (AvgIpc) is 2.28. The second-order valence-corrected chi connectivity index (χ2v) is 2.82. The molecular weight excluding hydrogens is 234 g/mol. The quantitative estimate of drug-likeness (QED) is 0.347. The van der Waals surface area contributed by atoms with Gasteiger partial charge in [0.05, 0.1) is 16.4 Å². The molecule has 0 amide bonds. The molecule has 0 saturated heterocycles. The van der Waals surface area contributed by atoms with E-state index >= 15 is 0 Å². The summed E-state index contributed by atoms with van der Waals surface area (Å²) in [7, 11) is 0. The Kier molecular flexibility index (Phi) is 3.67. The first kappa shape index (κ1) is 12.5. The number of hydrogen-bond donors (Lipinski definition) is 1. The number of esters is 1. The van der Waals surface area contributed by atoms with Crippen LogP contribution < -0.4 is 10.5 Å². The Hall–Kier alpha value is -2.55. The SMILES string of the molecule is NCC(=O)Oc1cccc([N+](=O)[O-])c1[N+](=O)[O-]. The van der Waals surface area contributed by atoms with Gasteiger partial charge in [0.2, 0.25) is 5.75 Å². The van der Waals surface area contributed by atoms with Crippen molar-refractivity contribution < 1.29 is 19.4 Å². The van der Waals surface area contributed by atoms with Crippen molar-refractivity contribution in [3.8, 4) is 5.75 Å². The van der Waals surface area contributed by atoms with Crippen molar-refractivity contribution in [3.63, 3.8) is 0 Å². The zero-order chi connectivity index (χ0) is 13.0. The van der Waals surface area contributed by atoms with Crippen molar-refractivity contribution in [1.82, 2.24) is 0 Å². The lowest BCUT2D eigenvalue weighted by Gasteiger charge is -2.03. The fourth-order valence-corrected chi connectivity index (χ4v) is 1.09. The van der Waals surface area contributed by atoms with Crippen LogP contribution in [0.15, 0.2) is 18.2 Å². The normalized spacial score (nSPS) is 9.71. The van der Waals surface area contributed by atoms with Crippen LogP contribution in [0.3, 0.4) is 0 Å². The van der Waals surface area contributed by atoms with Gasteiger partial charge < -0.3 is 10.5 Å². The third-order valence-electron chi connectivity index (χ3n) is 1.75. The molecule has 0 atom stereocenters. The molecule has 0 aliphatic heterocycles. The molecular formula is C8H7N3O6. The lowest BCUT2D eigenvalue weighted by Crippen LogP contribution is -2.20. The molecule has 0 aliphatic carbocycles. The van der Waals surface area contributed by atoms with Gasteiger partial charge in [-0.05, 0) is 6.07 Å². The van der Waals surface area contributed by atoms with Crippen LogP contribution in [0.4, 0.5) is 11.4 Å². The van der Waals surface area contributed by atoms with Crippen LogP contribution in [-0.2, 0) is 4.79 Å². The monoisotopic (exact) mass is 241 g/mol. The summed E-state index contributed by atoms with van der Waals surface area (Å²) in [6, 6.07) is 3.20. The van der Waals surface area contributed by atoms with Crippen molar-refractivity contribution in [1.29, 1.82) is 0 Å². The van der Waals surface area contributed by atoms with E-state index in [1.54, 1.807) is 0 Å². The zero-order valence-corrected chi connectivity index (χ0v) is 8.36. The molecule has 0 aromatic heterocycles. The minimum atomic E-state index is -0.989. The van der Waals surface area contributed by atoms with Crippen LogP contribution in [0.2, 0.25) is 0 Å². The van der Waals surface area contributed by atoms with Gasteiger partial charge in [0, 0.05) is 6.07 Å². The standard InChI is InChI=1S/C8H7N3O6/c9-4-7(12)17-6-3-1-2-5(10(13)14)8(6)11(15)16/h1-3H,4,9H2. The third kappa shape index (κ3) is 2.72. The fraction of sp³-hybridized carbons (Fsp3) is 0.125. The van der Waals surface area contributed by atoms with Crippen molar-refractivity contribution in [2.45, 2.75) is 0 Å². The lowest BCUT2D eigenvalue weighted by atomic mass is 10.2. The van der Waals surface area contributed by atoms with E-state index in [1.807, 2.05) is 0 Å². The van der Waals surface area contributed by atoms with Gasteiger partial charge in [-0.2, -0.15) is 0 Å². The van der Waals surface area contributed by atoms with Crippen molar-refractivity contribution in [2.75, 3.05) is 6.54 Å². The highest BCUT2D eigenvalue weighted by Gasteiger charge is 2.30. The molecule has 9 heteroatoms. The molecule has 1 rings (SSSR count). The number of benzene rings is 1. The van der Waals surface area contributed by atoms with E-state index in [2.05, 4.69) is 4.74 Å². The van der Waals surface area contributed by atoms with E-state index in [9.17, 15) is 25.0 Å². The van der Waals surface area contributed by atoms with E-state index in [-0.39, 0.29) is 0 Å². The van der Waals surface area contributed by atoms with E-state index in [0.717, 1.165) is 12.1 Å². The van der Waals surface area contributed by atoms with Crippen molar-refractivity contribution in [3.05, 3.63) is 38.4 Å². The maximum absolute atomic E-state index is 10.9. The predicted molar refractivity (Wildman–Crippen MR) is 54.4 cm³/mol. The average molecular weight is 241 g/mol. The first-order valence-electron chi connectivity index (χ1n) is 4.30. The Labute approximate surface area is 94.1 Å². The van der Waals surface area contributed by atoms with Gasteiger partial charge in [-0.15, -0.1) is 0 Å². The Bertz CT molecular complexity index is 486. The van der Waals surface area contributed by atoms with Crippen LogP contribution >= 0.6 is 0 Å². The van der Waals surface area contributed by atoms with E-state index in [1.165, 1.54) is 6.07 Å². The van der Waals surface area contributed by atoms with Crippen LogP contribution in [-0.4, -0.2) is 22.4 Å². The van der Waals surface area contributed by atoms with Gasteiger partial charge in [-0.3, -0.25) is 25.0 Å². The maximum atomic E-state index is 10.9. The van der Waals surface area contributed by atoms with Crippen LogP contribution in [0.5, 0.6) is 5.75 Å². The summed E-state index contributed by atoms with van der Waals surface area (Å²) in [6.07, 6.45) is 0. The summed E-state index contributed by atoms with van der Waals surface area (Å²) in [5.41, 5.74) is 3.34. The highest BCUT2D eigenvalue weighted by atomic mass is 16.6. The van der Waals surface area contributed by atoms with Gasteiger partial charge >= 0.3 is 17.3 Å². The molecule has 0 aliphatic rings. The first-order chi connectivity index (χ1) is 7.97. The fourth-order valence-electron chi connectivity index (χ4n) is 1.09. The van der Waals surface area contributed by atoms with Crippen molar-refractivity contribution >= 4 is 17.3 Å². The summed E-state index contributed by atoms with van der Waals surface area (Å²) in [4.78, 5) is 30.2. The molecule has 1 aromatic carbocycles. The summed E-state index contributed by atoms with van der Waals surface area (Å²) in [5, 5.41) is 21.3. The van der Waals surface area contributed by atoms with Crippen molar-refractivity contribution in [2.24, 2.45) is 5.73 Å². The number of carbonyl (C=O) groups is 1. The van der Waals surface area contributed by atoms with E-state index in [0.29, 0.717) is 0 Å². The number of nitrogens with zero attached hydrogens (tertiary/aromatic N) is 2. The van der Waals surface area contributed by atoms with Crippen LogP contribution in [0, 0.1) is 20.2 Å². The smallest absolute Gasteiger partial charge is 0.388 e. The maximum Gasteiger partial charge on any atom is 0.388 e. The highest BCUT2D eigenvalue weighted by Crippen LogP contribution is 2.35. The first-order valence-corrected chi connectivity index (χ1v) is 4.30. The van der Waals surface area contributed by atoms with E-state index < -0.39 is 39.5 Å². The number of nitro groups is 2. The summed E-state index contributed by atoms with van der Waals surface area (Å²) < 4.78 is 4.54. The Morgan fingerprint density at radius 2 is 1.94 bits per heavy atom. The summed E-state index contributed by atoms with van der Waals surface area (Å²) >= 11 is 0. The predicted octanol–water partition coefficient (Wildman–Crippen LogP) is 0.367. The molecule has 9 nitrogen and oxygen atoms in total. The minimum Gasteiger partial charge on any atom is -0.418 e. The van der Waals surface area contributed by atoms with Gasteiger partial charge in [0.1, 0.15) is 0 Å². The van der Waals surface area contributed by atoms with Gasteiger partial charge in [-0.25, -0.2) is 0 Å². The highest BCUT2D eigenvalue weighted by molar-refractivity contribution is 5.77. The molecule has 2 N–H and O–H groups in total. The number of carbonyl (C=O) groups excluding carboxylic acids is 1. The molecule has 90 valence electrons. The lowest BCUT2D eigenvalue weighted by molar-refractivity contribution is -0.423. The Balaban J connectivity index is 3.30. The number of hydrogen-bond acceptors (Lipinski definition) is 7. The summed E-state index contributed by atoms with van der Waals surface area (Å²) in [6.45, 7) is -0.486. The zero-order valence-electron chi connectivity index (χ0n) is 8.36. The largest absolute Gasteiger partial charge is 0.418 e. The molecule has 0 bridgehead atoms. The minimum absolute atomic E-state index is 0.486. The van der Waals surface area contributed by atoms with E-state index in [4.69, 9.17) is 5.73 Å². The molecule has 0 heterocycles. The second kappa shape index (κ2) is 4.99. The van der Waals surface area contributed by atoms with Gasteiger partial charge in [-0.1, -0.05) is 6.07 Å². The molecule has 17 heavy (non-hydrogen) atoms. The second-order valence-electron chi connectivity index (χ2n) is 2.82. The number of ether oxygens (including phenoxy) is 1. The molecule has 0 fully saturated rings. The molecule has 0 spiro atoms. The number of nitro benzene ring substituents is 2. The van der Waals surface area contributed by atoms with Crippen LogP contribution in [0.1, 0.15) is 0 Å².